The van der Waals surface area contributed by atoms with Gasteiger partial charge < -0.3 is 15.1 Å². The third-order valence-corrected chi connectivity index (χ3v) is 6.93. The van der Waals surface area contributed by atoms with Gasteiger partial charge in [0.25, 0.3) is 0 Å². The fraction of sp³-hybridized carbons (Fsp3) is 0.217. The summed E-state index contributed by atoms with van der Waals surface area (Å²) < 4.78 is 44.5. The number of furan rings is 1. The number of rotatable bonds is 8. The molecule has 9 heteroatoms. The van der Waals surface area contributed by atoms with Gasteiger partial charge >= 0.3 is 11.8 Å². The first-order chi connectivity index (χ1) is 15.3. The third-order valence-electron chi connectivity index (χ3n) is 4.85. The smallest absolute Gasteiger partial charge is 0.309 e. The third kappa shape index (κ3) is 5.82. The number of carbonyl (C=O) groups excluding carboxylic acids is 2. The molecule has 0 aliphatic rings. The fourth-order valence-corrected chi connectivity index (χ4v) is 4.63. The maximum atomic E-state index is 13.1. The van der Waals surface area contributed by atoms with Crippen LogP contribution in [0.1, 0.15) is 22.1 Å². The molecule has 1 atom stereocenters. The molecule has 0 saturated heterocycles. The molecule has 168 valence electrons. The highest BCUT2D eigenvalue weighted by Crippen LogP contribution is 2.29. The summed E-state index contributed by atoms with van der Waals surface area (Å²) in [5.41, 5.74) is 1.71. The Morgan fingerprint density at radius 1 is 0.969 bits per heavy atom. The second-order valence-electron chi connectivity index (χ2n) is 7.20. The van der Waals surface area contributed by atoms with Crippen LogP contribution in [0.15, 0.2) is 76.2 Å². The van der Waals surface area contributed by atoms with Gasteiger partial charge in [0, 0.05) is 13.1 Å². The summed E-state index contributed by atoms with van der Waals surface area (Å²) in [7, 11) is -3.89. The Kier molecular flexibility index (Phi) is 7.42. The summed E-state index contributed by atoms with van der Waals surface area (Å²) in [6, 6.07) is 15.2. The van der Waals surface area contributed by atoms with Crippen molar-refractivity contribution < 1.29 is 26.8 Å². The average molecular weight is 459 g/mol. The van der Waals surface area contributed by atoms with E-state index in [1.54, 1.807) is 30.3 Å². The molecule has 7 nitrogen and oxygen atoms in total. The first-order valence-electron chi connectivity index (χ1n) is 9.92. The van der Waals surface area contributed by atoms with Crippen LogP contribution in [0.3, 0.4) is 0 Å². The number of nitrogens with one attached hydrogen (secondary N) is 2. The topological polar surface area (TPSA) is 105 Å². The molecule has 0 fully saturated rings. The molecule has 1 heterocycles. The monoisotopic (exact) mass is 458 g/mol. The van der Waals surface area contributed by atoms with Crippen molar-refractivity contribution in [2.45, 2.75) is 23.5 Å². The molecule has 0 aliphatic carbocycles. The van der Waals surface area contributed by atoms with Gasteiger partial charge in [0.15, 0.2) is 9.84 Å². The molecular weight excluding hydrogens is 435 g/mol. The van der Waals surface area contributed by atoms with Crippen LogP contribution in [-0.4, -0.2) is 33.3 Å². The molecule has 2 amide bonds. The van der Waals surface area contributed by atoms with Crippen molar-refractivity contribution in [1.29, 1.82) is 0 Å². The second kappa shape index (κ2) is 10.2. The molecule has 2 aromatic carbocycles. The van der Waals surface area contributed by atoms with Crippen LogP contribution in [0.2, 0.25) is 0 Å². The first-order valence-corrected chi connectivity index (χ1v) is 11.5. The Hall–Kier alpha value is -3.46. The molecule has 0 spiro atoms. The molecule has 3 rings (SSSR count). The van der Waals surface area contributed by atoms with E-state index in [0.29, 0.717) is 6.42 Å². The fourth-order valence-electron chi connectivity index (χ4n) is 3.05. The van der Waals surface area contributed by atoms with E-state index in [0.717, 1.165) is 11.1 Å². The van der Waals surface area contributed by atoms with E-state index in [-0.39, 0.29) is 29.6 Å². The van der Waals surface area contributed by atoms with Crippen LogP contribution >= 0.6 is 0 Å². The van der Waals surface area contributed by atoms with Crippen LogP contribution < -0.4 is 10.6 Å². The number of hydrogen-bond acceptors (Lipinski definition) is 5. The predicted molar refractivity (Wildman–Crippen MR) is 116 cm³/mol. The van der Waals surface area contributed by atoms with Crippen molar-refractivity contribution in [2.75, 3.05) is 13.1 Å². The number of carbonyl (C=O) groups is 2. The van der Waals surface area contributed by atoms with Gasteiger partial charge in [-0.15, -0.1) is 0 Å². The highest BCUT2D eigenvalue weighted by atomic mass is 32.2. The van der Waals surface area contributed by atoms with Crippen molar-refractivity contribution in [3.05, 3.63) is 89.6 Å². The molecule has 0 unspecified atom stereocenters. The Balaban J connectivity index is 1.61. The summed E-state index contributed by atoms with van der Waals surface area (Å²) in [4.78, 5) is 24.4. The predicted octanol–water partition coefficient (Wildman–Crippen LogP) is 2.72. The summed E-state index contributed by atoms with van der Waals surface area (Å²) in [6.45, 7) is 1.67. The quantitative estimate of drug-likeness (QED) is 0.505. The zero-order chi connectivity index (χ0) is 23.1. The van der Waals surface area contributed by atoms with Crippen molar-refractivity contribution >= 4 is 21.7 Å². The molecule has 0 aliphatic heterocycles. The van der Waals surface area contributed by atoms with E-state index >= 15 is 0 Å². The van der Waals surface area contributed by atoms with Gasteiger partial charge in [-0.05, 0) is 55.3 Å². The minimum atomic E-state index is -3.89. The molecule has 0 radical (unpaired) electrons. The number of amides is 2. The summed E-state index contributed by atoms with van der Waals surface area (Å²) in [5.74, 6) is -2.05. The number of hydrogen-bond donors (Lipinski definition) is 2. The van der Waals surface area contributed by atoms with Crippen molar-refractivity contribution in [3.63, 3.8) is 0 Å². The van der Waals surface area contributed by atoms with Gasteiger partial charge in [0.1, 0.15) is 16.8 Å². The van der Waals surface area contributed by atoms with Crippen LogP contribution in [0, 0.1) is 12.7 Å². The Morgan fingerprint density at radius 3 is 2.25 bits per heavy atom. The molecule has 3 aromatic rings. The molecule has 1 aromatic heterocycles. The summed E-state index contributed by atoms with van der Waals surface area (Å²) >= 11 is 0. The summed E-state index contributed by atoms with van der Waals surface area (Å²) in [5, 5.41) is 3.64. The lowest BCUT2D eigenvalue weighted by Gasteiger charge is -2.17. The molecule has 0 saturated carbocycles. The zero-order valence-electron chi connectivity index (χ0n) is 17.4. The van der Waals surface area contributed by atoms with Gasteiger partial charge in [0.05, 0.1) is 11.2 Å². The van der Waals surface area contributed by atoms with Gasteiger partial charge in [-0.25, -0.2) is 12.8 Å². The molecule has 32 heavy (non-hydrogen) atoms. The van der Waals surface area contributed by atoms with Gasteiger partial charge in [-0.1, -0.05) is 29.8 Å². The largest absolute Gasteiger partial charge is 0.468 e. The van der Waals surface area contributed by atoms with Gasteiger partial charge in [-0.3, -0.25) is 9.59 Å². The van der Waals surface area contributed by atoms with Crippen molar-refractivity contribution in [2.24, 2.45) is 0 Å². The Labute approximate surface area is 185 Å². The SMILES string of the molecule is Cc1ccc(S(=O)(=O)[C@@H](CNC(=O)C(=O)NCCc2ccc(F)cc2)c2ccco2)cc1. The normalized spacial score (nSPS) is 12.2. The van der Waals surface area contributed by atoms with Crippen LogP contribution in [-0.2, 0) is 25.8 Å². The highest BCUT2D eigenvalue weighted by molar-refractivity contribution is 7.91. The van der Waals surface area contributed by atoms with E-state index in [1.807, 2.05) is 6.92 Å². The van der Waals surface area contributed by atoms with E-state index in [2.05, 4.69) is 10.6 Å². The van der Waals surface area contributed by atoms with E-state index in [1.165, 1.54) is 36.6 Å². The molecular formula is C23H23FN2O5S. The number of benzene rings is 2. The zero-order valence-corrected chi connectivity index (χ0v) is 18.2. The lowest BCUT2D eigenvalue weighted by atomic mass is 10.1. The lowest BCUT2D eigenvalue weighted by Crippen LogP contribution is -2.42. The van der Waals surface area contributed by atoms with Crippen molar-refractivity contribution in [3.8, 4) is 0 Å². The maximum Gasteiger partial charge on any atom is 0.309 e. The summed E-state index contributed by atoms with van der Waals surface area (Å²) in [6.07, 6.45) is 1.76. The average Bonchev–Trinajstić information content (AvgIpc) is 3.29. The highest BCUT2D eigenvalue weighted by Gasteiger charge is 2.32. The first kappa shape index (κ1) is 23.2. The van der Waals surface area contributed by atoms with E-state index < -0.39 is 26.9 Å². The molecule has 2 N–H and O–H groups in total. The number of halogens is 1. The Bertz CT molecular complexity index is 1160. The minimum Gasteiger partial charge on any atom is -0.468 e. The van der Waals surface area contributed by atoms with Crippen LogP contribution in [0.25, 0.3) is 0 Å². The standard InChI is InChI=1S/C23H23FN2O5S/c1-16-4-10-19(11-5-16)32(29,30)21(20-3-2-14-31-20)15-26-23(28)22(27)25-13-12-17-6-8-18(24)9-7-17/h2-11,14,21H,12-13,15H2,1H3,(H,25,27)(H,26,28)/t21-/m0/s1. The van der Waals surface area contributed by atoms with E-state index in [9.17, 15) is 22.4 Å². The number of sulfone groups is 1. The molecule has 0 bridgehead atoms. The maximum absolute atomic E-state index is 13.1. The van der Waals surface area contributed by atoms with Gasteiger partial charge in [0.2, 0.25) is 0 Å². The number of aryl methyl sites for hydroxylation is 1. The van der Waals surface area contributed by atoms with Crippen molar-refractivity contribution in [1.82, 2.24) is 10.6 Å². The Morgan fingerprint density at radius 2 is 1.62 bits per heavy atom. The lowest BCUT2D eigenvalue weighted by molar-refractivity contribution is -0.139. The second-order valence-corrected chi connectivity index (χ2v) is 9.33. The minimum absolute atomic E-state index is 0.0856. The van der Waals surface area contributed by atoms with E-state index in [4.69, 9.17) is 4.42 Å². The van der Waals surface area contributed by atoms with Crippen LogP contribution in [0.4, 0.5) is 4.39 Å². The van der Waals surface area contributed by atoms with Gasteiger partial charge in [-0.2, -0.15) is 0 Å². The van der Waals surface area contributed by atoms with Crippen LogP contribution in [0.5, 0.6) is 0 Å².